The fourth-order valence-corrected chi connectivity index (χ4v) is 1.63. The smallest absolute Gasteiger partial charge is 0.407 e. The molecule has 1 heterocycles. The lowest BCUT2D eigenvalue weighted by atomic mass is 9.96. The zero-order chi connectivity index (χ0) is 16.0. The van der Waals surface area contributed by atoms with Crippen molar-refractivity contribution in [1.82, 2.24) is 10.3 Å². The van der Waals surface area contributed by atoms with Crippen LogP contribution >= 0.6 is 0 Å². The van der Waals surface area contributed by atoms with Crippen molar-refractivity contribution in [1.29, 1.82) is 0 Å². The molecule has 1 amide bonds. The zero-order valence-electron chi connectivity index (χ0n) is 12.2. The predicted molar refractivity (Wildman–Crippen MR) is 74.6 cm³/mol. The van der Waals surface area contributed by atoms with Crippen LogP contribution in [0.5, 0.6) is 0 Å². The quantitative estimate of drug-likeness (QED) is 0.756. The normalized spacial score (nSPS) is 14.1. The maximum Gasteiger partial charge on any atom is 0.407 e. The Bertz CT molecular complexity index is 484. The molecule has 3 N–H and O–H groups in total. The van der Waals surface area contributed by atoms with E-state index in [1.807, 2.05) is 0 Å². The number of pyridine rings is 1. The van der Waals surface area contributed by atoms with E-state index < -0.39 is 29.7 Å². The second-order valence-corrected chi connectivity index (χ2v) is 5.55. The van der Waals surface area contributed by atoms with Gasteiger partial charge in [-0.25, -0.2) is 4.79 Å². The molecular formula is C14H20N2O5. The second-order valence-electron chi connectivity index (χ2n) is 5.55. The molecule has 0 radical (unpaired) electrons. The van der Waals surface area contributed by atoms with Gasteiger partial charge in [0.05, 0.1) is 6.10 Å². The van der Waals surface area contributed by atoms with Crippen molar-refractivity contribution in [3.63, 3.8) is 0 Å². The van der Waals surface area contributed by atoms with Crippen LogP contribution in [-0.2, 0) is 9.53 Å². The molecule has 0 saturated carbocycles. The monoisotopic (exact) mass is 296 g/mol. The summed E-state index contributed by atoms with van der Waals surface area (Å²) >= 11 is 0. The molecule has 0 aliphatic rings. The number of carbonyl (C=O) groups is 2. The van der Waals surface area contributed by atoms with Crippen molar-refractivity contribution in [2.24, 2.45) is 5.92 Å². The van der Waals surface area contributed by atoms with Gasteiger partial charge in [-0.2, -0.15) is 0 Å². The average Bonchev–Trinajstić information content (AvgIpc) is 2.37. The molecule has 0 aliphatic carbocycles. The Morgan fingerprint density at radius 1 is 1.33 bits per heavy atom. The van der Waals surface area contributed by atoms with E-state index in [4.69, 9.17) is 4.74 Å². The Balaban J connectivity index is 2.67. The van der Waals surface area contributed by atoms with Crippen LogP contribution in [0.1, 0.15) is 32.4 Å². The summed E-state index contributed by atoms with van der Waals surface area (Å²) in [6.45, 7) is 4.86. The number of aromatic nitrogens is 1. The highest BCUT2D eigenvalue weighted by Gasteiger charge is 2.29. The first kappa shape index (κ1) is 16.9. The largest absolute Gasteiger partial charge is 0.481 e. The van der Waals surface area contributed by atoms with Crippen LogP contribution in [0.15, 0.2) is 24.5 Å². The highest BCUT2D eigenvalue weighted by atomic mass is 16.6. The van der Waals surface area contributed by atoms with Crippen molar-refractivity contribution in [2.45, 2.75) is 32.5 Å². The number of aliphatic hydroxyl groups is 1. The highest BCUT2D eigenvalue weighted by Crippen LogP contribution is 2.21. The summed E-state index contributed by atoms with van der Waals surface area (Å²) in [6, 6.07) is 3.04. The Morgan fingerprint density at radius 2 is 1.90 bits per heavy atom. The van der Waals surface area contributed by atoms with Crippen LogP contribution in [0.3, 0.4) is 0 Å². The summed E-state index contributed by atoms with van der Waals surface area (Å²) in [7, 11) is 0. The minimum atomic E-state index is -1.25. The minimum Gasteiger partial charge on any atom is -0.481 e. The molecule has 7 heteroatoms. The van der Waals surface area contributed by atoms with E-state index in [0.29, 0.717) is 5.56 Å². The lowest BCUT2D eigenvalue weighted by Crippen LogP contribution is -2.39. The predicted octanol–water partition coefficient (Wildman–Crippen LogP) is 1.34. The van der Waals surface area contributed by atoms with Gasteiger partial charge in [-0.05, 0) is 38.5 Å². The number of hydrogen-bond donors (Lipinski definition) is 3. The number of rotatable bonds is 5. The second kappa shape index (κ2) is 7.03. The summed E-state index contributed by atoms with van der Waals surface area (Å²) in [5, 5.41) is 21.6. The number of amides is 1. The number of carboxylic acid groups (broad SMARTS) is 1. The van der Waals surface area contributed by atoms with Crippen LogP contribution in [-0.4, -0.2) is 39.4 Å². The number of carbonyl (C=O) groups excluding carboxylic acids is 1. The average molecular weight is 296 g/mol. The van der Waals surface area contributed by atoms with Gasteiger partial charge in [0.1, 0.15) is 11.5 Å². The number of nitrogens with one attached hydrogen (secondary N) is 1. The third-order valence-corrected chi connectivity index (χ3v) is 2.61. The molecule has 7 nitrogen and oxygen atoms in total. The fraction of sp³-hybridized carbons (Fsp3) is 0.500. The van der Waals surface area contributed by atoms with Gasteiger partial charge in [0, 0.05) is 18.9 Å². The Labute approximate surface area is 123 Å². The molecular weight excluding hydrogens is 276 g/mol. The number of nitrogens with zero attached hydrogens (tertiary/aromatic N) is 1. The van der Waals surface area contributed by atoms with Gasteiger partial charge in [-0.15, -0.1) is 0 Å². The van der Waals surface area contributed by atoms with Crippen molar-refractivity contribution >= 4 is 12.1 Å². The van der Waals surface area contributed by atoms with E-state index in [1.165, 1.54) is 24.5 Å². The maximum absolute atomic E-state index is 11.5. The first-order valence-electron chi connectivity index (χ1n) is 6.48. The third-order valence-electron chi connectivity index (χ3n) is 2.61. The van der Waals surface area contributed by atoms with Crippen molar-refractivity contribution in [2.75, 3.05) is 6.54 Å². The standard InChI is InChI=1S/C14H20N2O5/c1-14(2,3)21-13(20)16-8-10(12(18)19)11(17)9-4-6-15-7-5-9/h4-7,10-11,17H,8H2,1-3H3,(H,16,20)(H,18,19). The molecule has 0 saturated heterocycles. The Kier molecular flexibility index (Phi) is 5.66. The van der Waals surface area contributed by atoms with E-state index in [9.17, 15) is 19.8 Å². The van der Waals surface area contributed by atoms with Crippen molar-refractivity contribution in [3.05, 3.63) is 30.1 Å². The first-order chi connectivity index (χ1) is 9.70. The number of hydrogen-bond acceptors (Lipinski definition) is 5. The SMILES string of the molecule is CC(C)(C)OC(=O)NCC(C(=O)O)C(O)c1ccncc1. The molecule has 0 aliphatic heterocycles. The van der Waals surface area contributed by atoms with E-state index in [1.54, 1.807) is 20.8 Å². The zero-order valence-corrected chi connectivity index (χ0v) is 12.2. The molecule has 0 bridgehead atoms. The van der Waals surface area contributed by atoms with Gasteiger partial charge in [0.2, 0.25) is 0 Å². The Morgan fingerprint density at radius 3 is 2.38 bits per heavy atom. The first-order valence-corrected chi connectivity index (χ1v) is 6.48. The molecule has 0 spiro atoms. The van der Waals surface area contributed by atoms with Gasteiger partial charge in [0.25, 0.3) is 0 Å². The third kappa shape index (κ3) is 5.78. The van der Waals surface area contributed by atoms with E-state index in [2.05, 4.69) is 10.3 Å². The summed E-state index contributed by atoms with van der Waals surface area (Å²) < 4.78 is 5.02. The van der Waals surface area contributed by atoms with Gasteiger partial charge >= 0.3 is 12.1 Å². The van der Waals surface area contributed by atoms with Gasteiger partial charge in [-0.3, -0.25) is 9.78 Å². The molecule has 0 fully saturated rings. The van der Waals surface area contributed by atoms with Crippen LogP contribution in [0.25, 0.3) is 0 Å². The van der Waals surface area contributed by atoms with Crippen molar-refractivity contribution in [3.8, 4) is 0 Å². The number of carboxylic acids is 1. The number of alkyl carbamates (subject to hydrolysis) is 1. The molecule has 1 rings (SSSR count). The topological polar surface area (TPSA) is 109 Å². The minimum absolute atomic E-state index is 0.242. The Hall–Kier alpha value is -2.15. The number of ether oxygens (including phenoxy) is 1. The number of aliphatic carboxylic acids is 1. The summed E-state index contributed by atoms with van der Waals surface area (Å²) in [6.07, 6.45) is 0.938. The van der Waals surface area contributed by atoms with Crippen molar-refractivity contribution < 1.29 is 24.5 Å². The molecule has 2 unspecified atom stereocenters. The summed E-state index contributed by atoms with van der Waals surface area (Å²) in [4.78, 5) is 26.6. The van der Waals surface area contributed by atoms with Crippen LogP contribution in [0, 0.1) is 5.92 Å². The molecule has 1 aromatic rings. The van der Waals surface area contributed by atoms with Gasteiger partial charge < -0.3 is 20.3 Å². The lowest BCUT2D eigenvalue weighted by Gasteiger charge is -2.22. The lowest BCUT2D eigenvalue weighted by molar-refractivity contribution is -0.145. The summed E-state index contributed by atoms with van der Waals surface area (Å²) in [5.41, 5.74) is -0.254. The van der Waals surface area contributed by atoms with Gasteiger partial charge in [0.15, 0.2) is 0 Å². The highest BCUT2D eigenvalue weighted by molar-refractivity contribution is 5.73. The van der Waals surface area contributed by atoms with Crippen LogP contribution in [0.2, 0.25) is 0 Å². The summed E-state index contributed by atoms with van der Waals surface area (Å²) in [5.74, 6) is -2.39. The van der Waals surface area contributed by atoms with Crippen LogP contribution < -0.4 is 5.32 Å². The maximum atomic E-state index is 11.5. The molecule has 21 heavy (non-hydrogen) atoms. The molecule has 1 aromatic heterocycles. The van der Waals surface area contributed by atoms with Gasteiger partial charge in [-0.1, -0.05) is 0 Å². The van der Waals surface area contributed by atoms with E-state index in [-0.39, 0.29) is 6.54 Å². The molecule has 116 valence electrons. The fourth-order valence-electron chi connectivity index (χ4n) is 1.63. The van der Waals surface area contributed by atoms with E-state index in [0.717, 1.165) is 0 Å². The van der Waals surface area contributed by atoms with E-state index >= 15 is 0 Å². The number of aliphatic hydroxyl groups excluding tert-OH is 1. The van der Waals surface area contributed by atoms with Crippen LogP contribution in [0.4, 0.5) is 4.79 Å². The molecule has 0 aromatic carbocycles. The molecule has 2 atom stereocenters.